The minimum atomic E-state index is -1.88. The van der Waals surface area contributed by atoms with Crippen molar-refractivity contribution in [2.75, 3.05) is 0 Å². The first-order valence-electron chi connectivity index (χ1n) is 14.3. The second-order valence-corrected chi connectivity index (χ2v) is 21.5. The monoisotopic (exact) mass is 634 g/mol. The van der Waals surface area contributed by atoms with Crippen LogP contribution in [-0.4, -0.2) is 3.21 Å². The molecule has 1 saturated carbocycles. The first-order valence-corrected chi connectivity index (χ1v) is 21.8. The minimum Gasteiger partial charge on any atom is -0.168 e. The summed E-state index contributed by atoms with van der Waals surface area (Å²) in [4.78, 5) is 0. The summed E-state index contributed by atoms with van der Waals surface area (Å²) >= 11 is -1.88. The number of hydrogen-bond acceptors (Lipinski definition) is 0. The molecule has 2 aliphatic carbocycles. The Hall–Kier alpha value is -1.40. The Balaban J connectivity index is 0.000000161. The molecule has 0 aliphatic heterocycles. The molecule has 206 valence electrons. The molecule has 0 radical (unpaired) electrons. The molecule has 0 aromatic heterocycles. The quantitative estimate of drug-likeness (QED) is 0.148. The van der Waals surface area contributed by atoms with Crippen molar-refractivity contribution in [1.82, 2.24) is 0 Å². The summed E-state index contributed by atoms with van der Waals surface area (Å²) in [5, 5.41) is 2.66. The fourth-order valence-corrected chi connectivity index (χ4v) is 9.26. The van der Waals surface area contributed by atoms with E-state index in [0.717, 1.165) is 6.42 Å². The summed E-state index contributed by atoms with van der Waals surface area (Å²) in [6, 6.07) is 29.7. The van der Waals surface area contributed by atoms with Crippen LogP contribution in [0.2, 0.25) is 0 Å². The van der Waals surface area contributed by atoms with Crippen molar-refractivity contribution < 1.29 is 18.9 Å². The molecule has 0 saturated heterocycles. The van der Waals surface area contributed by atoms with Crippen LogP contribution >= 0.6 is 17.0 Å². The van der Waals surface area contributed by atoms with E-state index in [0.29, 0.717) is 0 Å². The van der Waals surface area contributed by atoms with E-state index in [1.807, 2.05) is 0 Å². The van der Waals surface area contributed by atoms with Crippen LogP contribution in [0.4, 0.5) is 0 Å². The molecule has 3 heteroatoms. The number of halogens is 2. The van der Waals surface area contributed by atoms with E-state index < -0.39 is 18.9 Å². The van der Waals surface area contributed by atoms with E-state index in [1.54, 1.807) is 0 Å². The van der Waals surface area contributed by atoms with Crippen LogP contribution in [0.15, 0.2) is 72.8 Å². The second-order valence-electron chi connectivity index (χ2n) is 12.9. The SMILES string of the molecule is CC(C)(C)c1c[c-]c2c(c1)-c1cc(C(C)(C)C)ccc1C2.[Cl][Zr]([Cl])=[C]1CCCCC1.c1ccc2[cH-]ccc2c1. The van der Waals surface area contributed by atoms with Crippen molar-refractivity contribution in [2.24, 2.45) is 0 Å². The standard InChI is InChI=1S/C21H25.C9H7.C6H10.2ClH.Zr/c1-20(2,3)16-9-7-14-11-15-8-10-17(21(4,5)6)13-19(15)18(14)12-16;1-2-5-9-7-3-6-8(9)4-1;1-2-4-6-5-3-1;;;/h7,9-10,12-13H,11H2,1-6H3;1-7H;1-5H2;2*1H;/q2*-1;;;;+2/p-2. The molecule has 6 rings (SSSR count). The van der Waals surface area contributed by atoms with Gasteiger partial charge >= 0.3 is 71.2 Å². The van der Waals surface area contributed by atoms with E-state index in [1.165, 1.54) is 79.5 Å². The van der Waals surface area contributed by atoms with Crippen LogP contribution in [0.25, 0.3) is 21.9 Å². The summed E-state index contributed by atoms with van der Waals surface area (Å²) in [5.74, 6) is 0. The van der Waals surface area contributed by atoms with Gasteiger partial charge in [0.1, 0.15) is 0 Å². The van der Waals surface area contributed by atoms with Gasteiger partial charge in [-0.25, -0.2) is 0 Å². The van der Waals surface area contributed by atoms with Gasteiger partial charge in [-0.3, -0.25) is 0 Å². The Morgan fingerprint density at radius 1 is 0.769 bits per heavy atom. The molecular formula is C36H42Cl2Zr-2. The average Bonchev–Trinajstić information content (AvgIpc) is 3.53. The maximum Gasteiger partial charge on any atom is -0.0809 e. The third-order valence-electron chi connectivity index (χ3n) is 7.80. The number of benzene rings is 3. The van der Waals surface area contributed by atoms with Crippen molar-refractivity contribution in [2.45, 2.75) is 90.9 Å². The van der Waals surface area contributed by atoms with Crippen LogP contribution in [0.3, 0.4) is 0 Å². The van der Waals surface area contributed by atoms with Crippen LogP contribution in [0.5, 0.6) is 0 Å². The van der Waals surface area contributed by atoms with Gasteiger partial charge in [-0.15, -0.1) is 35.2 Å². The molecule has 2 aliphatic rings. The van der Waals surface area contributed by atoms with E-state index in [2.05, 4.69) is 120 Å². The summed E-state index contributed by atoms with van der Waals surface area (Å²) in [5.41, 5.74) is 8.76. The first kappa shape index (κ1) is 30.6. The second kappa shape index (κ2) is 13.1. The van der Waals surface area contributed by atoms with Gasteiger partial charge in [-0.2, -0.15) is 46.8 Å². The van der Waals surface area contributed by atoms with Crippen molar-refractivity contribution >= 4 is 31.0 Å². The van der Waals surface area contributed by atoms with Gasteiger partial charge in [0.25, 0.3) is 0 Å². The third-order valence-corrected chi connectivity index (χ3v) is 13.5. The maximum absolute atomic E-state index is 5.88. The maximum atomic E-state index is 5.88. The molecular weight excluding hydrogens is 595 g/mol. The Morgan fingerprint density at radius 2 is 1.44 bits per heavy atom. The number of fused-ring (bicyclic) bond motifs is 4. The average molecular weight is 637 g/mol. The van der Waals surface area contributed by atoms with Crippen LogP contribution in [0.1, 0.15) is 95.9 Å². The first-order chi connectivity index (χ1) is 18.4. The summed E-state index contributed by atoms with van der Waals surface area (Å²) < 4.78 is 1.53. The summed E-state index contributed by atoms with van der Waals surface area (Å²) in [6.45, 7) is 13.6. The van der Waals surface area contributed by atoms with E-state index in [-0.39, 0.29) is 10.8 Å². The predicted molar refractivity (Wildman–Crippen MR) is 170 cm³/mol. The van der Waals surface area contributed by atoms with Crippen molar-refractivity contribution in [1.29, 1.82) is 0 Å². The van der Waals surface area contributed by atoms with Gasteiger partial charge < -0.3 is 0 Å². The number of hydrogen-bond donors (Lipinski definition) is 0. The van der Waals surface area contributed by atoms with Crippen molar-refractivity contribution in [3.8, 4) is 11.1 Å². The van der Waals surface area contributed by atoms with Crippen LogP contribution < -0.4 is 0 Å². The Morgan fingerprint density at radius 3 is 2.05 bits per heavy atom. The predicted octanol–water partition coefficient (Wildman–Crippen LogP) is 11.3. The van der Waals surface area contributed by atoms with Gasteiger partial charge in [-0.05, 0) is 17.4 Å². The normalized spacial score (nSPS) is 14.5. The molecule has 0 spiro atoms. The van der Waals surface area contributed by atoms with Gasteiger partial charge in [0, 0.05) is 0 Å². The zero-order valence-corrected chi connectivity index (χ0v) is 28.4. The zero-order valence-electron chi connectivity index (χ0n) is 24.4. The Labute approximate surface area is 251 Å². The van der Waals surface area contributed by atoms with Gasteiger partial charge in [-0.1, -0.05) is 82.3 Å². The molecule has 0 heterocycles. The molecule has 39 heavy (non-hydrogen) atoms. The van der Waals surface area contributed by atoms with Gasteiger partial charge in [0.2, 0.25) is 0 Å². The molecule has 4 aromatic rings. The molecule has 0 nitrogen and oxygen atoms in total. The molecule has 0 unspecified atom stereocenters. The van der Waals surface area contributed by atoms with E-state index in [4.69, 9.17) is 17.0 Å². The Kier molecular flexibility index (Phi) is 10.2. The number of rotatable bonds is 0. The molecule has 0 atom stereocenters. The summed E-state index contributed by atoms with van der Waals surface area (Å²) in [7, 11) is 11.8. The fraction of sp³-hybridized carbons (Fsp3) is 0.389. The summed E-state index contributed by atoms with van der Waals surface area (Å²) in [6.07, 6.45) is 7.55. The van der Waals surface area contributed by atoms with Crippen molar-refractivity contribution in [3.05, 3.63) is 101 Å². The Bertz CT molecular complexity index is 1340. The van der Waals surface area contributed by atoms with E-state index >= 15 is 0 Å². The topological polar surface area (TPSA) is 0 Å². The molecule has 0 bridgehead atoms. The smallest absolute Gasteiger partial charge is 0.0809 e. The van der Waals surface area contributed by atoms with Gasteiger partial charge in [0.05, 0.1) is 0 Å². The molecule has 4 aromatic carbocycles. The molecule has 0 N–H and O–H groups in total. The molecule has 0 amide bonds. The van der Waals surface area contributed by atoms with Gasteiger partial charge in [0.15, 0.2) is 0 Å². The van der Waals surface area contributed by atoms with Crippen molar-refractivity contribution in [3.63, 3.8) is 0 Å². The zero-order chi connectivity index (χ0) is 28.2. The van der Waals surface area contributed by atoms with E-state index in [9.17, 15) is 0 Å². The van der Waals surface area contributed by atoms with Crippen LogP contribution in [-0.2, 0) is 36.1 Å². The molecule has 1 fully saturated rings. The fourth-order valence-electron chi connectivity index (χ4n) is 5.22. The largest absolute Gasteiger partial charge is 0.168 e. The minimum absolute atomic E-state index is 0.177. The third kappa shape index (κ3) is 8.09. The van der Waals surface area contributed by atoms with Crippen LogP contribution in [0, 0.1) is 6.07 Å².